The number of pyridine rings is 1. The summed E-state index contributed by atoms with van der Waals surface area (Å²) in [5.41, 5.74) is 0.806. The minimum Gasteiger partial charge on any atom is -0.467 e. The molecule has 1 heterocycles. The molecule has 0 saturated carbocycles. The molecule has 1 amide bonds. The van der Waals surface area contributed by atoms with Crippen molar-refractivity contribution in [1.29, 1.82) is 5.26 Å². The van der Waals surface area contributed by atoms with Crippen LogP contribution in [0.1, 0.15) is 48.8 Å². The van der Waals surface area contributed by atoms with E-state index in [1.807, 2.05) is 19.9 Å². The number of carbonyl (C=O) groups is 3. The van der Waals surface area contributed by atoms with Gasteiger partial charge in [-0.3, -0.25) is 4.79 Å². The highest BCUT2D eigenvalue weighted by Crippen LogP contribution is 2.23. The number of rotatable bonds is 9. The lowest BCUT2D eigenvalue weighted by Crippen LogP contribution is -2.43. The van der Waals surface area contributed by atoms with Crippen molar-refractivity contribution in [2.75, 3.05) is 19.5 Å². The molecule has 0 aliphatic carbocycles. The van der Waals surface area contributed by atoms with E-state index < -0.39 is 18.0 Å². The van der Waals surface area contributed by atoms with Gasteiger partial charge in [0.05, 0.1) is 36.3 Å². The second-order valence-corrected chi connectivity index (χ2v) is 7.33. The molecule has 1 N–H and O–H groups in total. The summed E-state index contributed by atoms with van der Waals surface area (Å²) in [5, 5.41) is 12.3. The van der Waals surface area contributed by atoms with E-state index in [9.17, 15) is 19.6 Å². The maximum atomic E-state index is 12.2. The summed E-state index contributed by atoms with van der Waals surface area (Å²) in [7, 11) is 1.27. The highest BCUT2D eigenvalue weighted by Gasteiger charge is 2.23. The number of hydrogen-bond donors (Lipinski definition) is 1. The predicted octanol–water partition coefficient (Wildman–Crippen LogP) is 2.23. The number of aromatic nitrogens is 1. The summed E-state index contributed by atoms with van der Waals surface area (Å²) < 4.78 is 9.68. The van der Waals surface area contributed by atoms with Crippen LogP contribution in [0.3, 0.4) is 0 Å². The van der Waals surface area contributed by atoms with Crippen LogP contribution in [0.5, 0.6) is 0 Å². The van der Waals surface area contributed by atoms with Crippen molar-refractivity contribution in [1.82, 2.24) is 10.3 Å². The Hall–Kier alpha value is -2.60. The van der Waals surface area contributed by atoms with Crippen molar-refractivity contribution in [2.45, 2.75) is 45.2 Å². The molecule has 1 atom stereocenters. The summed E-state index contributed by atoms with van der Waals surface area (Å²) in [6.07, 6.45) is 0.456. The second kappa shape index (κ2) is 11.3. The smallest absolute Gasteiger partial charge is 0.340 e. The van der Waals surface area contributed by atoms with Gasteiger partial charge in [-0.1, -0.05) is 25.6 Å². The Morgan fingerprint density at radius 1 is 1.36 bits per heavy atom. The molecule has 9 heteroatoms. The largest absolute Gasteiger partial charge is 0.467 e. The molecule has 0 radical (unpaired) electrons. The molecule has 1 aromatic rings. The van der Waals surface area contributed by atoms with Gasteiger partial charge < -0.3 is 14.8 Å². The van der Waals surface area contributed by atoms with Gasteiger partial charge in [0.2, 0.25) is 5.91 Å². The van der Waals surface area contributed by atoms with E-state index in [1.165, 1.54) is 13.2 Å². The van der Waals surface area contributed by atoms with Gasteiger partial charge in [-0.05, 0) is 32.3 Å². The predicted molar refractivity (Wildman–Crippen MR) is 104 cm³/mol. The molecule has 0 spiro atoms. The van der Waals surface area contributed by atoms with E-state index in [0.29, 0.717) is 17.1 Å². The fourth-order valence-corrected chi connectivity index (χ4v) is 3.20. The molecule has 0 aromatic carbocycles. The molecular weight excluding hydrogens is 382 g/mol. The first-order chi connectivity index (χ1) is 13.2. The summed E-state index contributed by atoms with van der Waals surface area (Å²) >= 11 is 1.06. The number of aryl methyl sites for hydroxylation is 1. The van der Waals surface area contributed by atoms with Gasteiger partial charge in [-0.15, -0.1) is 0 Å². The van der Waals surface area contributed by atoms with Gasteiger partial charge >= 0.3 is 11.9 Å². The highest BCUT2D eigenvalue weighted by molar-refractivity contribution is 8.00. The molecule has 0 saturated heterocycles. The van der Waals surface area contributed by atoms with Crippen LogP contribution in [0.2, 0.25) is 0 Å². The molecule has 0 aliphatic heterocycles. The van der Waals surface area contributed by atoms with E-state index in [2.05, 4.69) is 10.3 Å². The van der Waals surface area contributed by atoms with Gasteiger partial charge in [-0.2, -0.15) is 5.26 Å². The molecule has 1 rings (SSSR count). The molecule has 8 nitrogen and oxygen atoms in total. The van der Waals surface area contributed by atoms with Crippen LogP contribution >= 0.6 is 11.8 Å². The third-order valence-electron chi connectivity index (χ3n) is 3.66. The first-order valence-corrected chi connectivity index (χ1v) is 9.80. The van der Waals surface area contributed by atoms with E-state index in [1.54, 1.807) is 13.8 Å². The summed E-state index contributed by atoms with van der Waals surface area (Å²) in [4.78, 5) is 40.3. The minimum atomic E-state index is -0.727. The van der Waals surface area contributed by atoms with E-state index >= 15 is 0 Å². The number of esters is 2. The molecule has 0 fully saturated rings. The Bertz CT molecular complexity index is 774. The zero-order chi connectivity index (χ0) is 21.3. The summed E-state index contributed by atoms with van der Waals surface area (Å²) in [5.74, 6) is -1.27. The number of methoxy groups -OCH3 is 1. The normalized spacial score (nSPS) is 11.5. The SMILES string of the molecule is CCOC(=O)c1cc(C#N)c(SCC(=O)N[C@H](CC(C)C)C(=O)OC)nc1C. The topological polar surface area (TPSA) is 118 Å². The average Bonchev–Trinajstić information content (AvgIpc) is 2.64. The molecule has 28 heavy (non-hydrogen) atoms. The Balaban J connectivity index is 2.87. The molecule has 1 aromatic heterocycles. The number of ether oxygens (including phenoxy) is 2. The molecule has 0 bridgehead atoms. The first-order valence-electron chi connectivity index (χ1n) is 8.82. The average molecular weight is 407 g/mol. The van der Waals surface area contributed by atoms with Crippen LogP contribution in [0.4, 0.5) is 0 Å². The Kier molecular flexibility index (Phi) is 9.45. The van der Waals surface area contributed by atoms with Crippen LogP contribution in [-0.2, 0) is 19.1 Å². The zero-order valence-corrected chi connectivity index (χ0v) is 17.5. The number of hydrogen-bond acceptors (Lipinski definition) is 8. The third kappa shape index (κ3) is 6.85. The summed E-state index contributed by atoms with van der Waals surface area (Å²) in [6, 6.07) is 2.67. The Morgan fingerprint density at radius 2 is 2.04 bits per heavy atom. The van der Waals surface area contributed by atoms with Crippen molar-refractivity contribution in [3.8, 4) is 6.07 Å². The number of amides is 1. The zero-order valence-electron chi connectivity index (χ0n) is 16.7. The van der Waals surface area contributed by atoms with Crippen molar-refractivity contribution in [2.24, 2.45) is 5.92 Å². The monoisotopic (exact) mass is 407 g/mol. The lowest BCUT2D eigenvalue weighted by molar-refractivity contribution is -0.145. The highest BCUT2D eigenvalue weighted by atomic mass is 32.2. The van der Waals surface area contributed by atoms with Crippen LogP contribution < -0.4 is 5.32 Å². The van der Waals surface area contributed by atoms with Gasteiger partial charge in [-0.25, -0.2) is 14.6 Å². The molecular formula is C19H25N3O5S. The lowest BCUT2D eigenvalue weighted by atomic mass is 10.0. The maximum absolute atomic E-state index is 12.2. The van der Waals surface area contributed by atoms with Crippen molar-refractivity contribution < 1.29 is 23.9 Å². The minimum absolute atomic E-state index is 0.0362. The third-order valence-corrected chi connectivity index (χ3v) is 4.65. The van der Waals surface area contributed by atoms with E-state index in [0.717, 1.165) is 11.8 Å². The Labute approximate surface area is 169 Å². The maximum Gasteiger partial charge on any atom is 0.340 e. The van der Waals surface area contributed by atoms with Crippen molar-refractivity contribution >= 4 is 29.6 Å². The van der Waals surface area contributed by atoms with Gasteiger partial charge in [0, 0.05) is 0 Å². The quantitative estimate of drug-likeness (QED) is 0.489. The molecule has 0 unspecified atom stereocenters. The van der Waals surface area contributed by atoms with Crippen LogP contribution in [0, 0.1) is 24.2 Å². The molecule has 0 aliphatic rings. The van der Waals surface area contributed by atoms with Crippen LogP contribution in [0.15, 0.2) is 11.1 Å². The first kappa shape index (κ1) is 23.4. The fourth-order valence-electron chi connectivity index (χ4n) is 2.39. The van der Waals surface area contributed by atoms with Crippen LogP contribution in [-0.4, -0.2) is 48.3 Å². The summed E-state index contributed by atoms with van der Waals surface area (Å²) in [6.45, 7) is 7.42. The van der Waals surface area contributed by atoms with Crippen molar-refractivity contribution in [3.63, 3.8) is 0 Å². The van der Waals surface area contributed by atoms with Gasteiger partial charge in [0.1, 0.15) is 17.1 Å². The van der Waals surface area contributed by atoms with Crippen LogP contribution in [0.25, 0.3) is 0 Å². The van der Waals surface area contributed by atoms with Crippen molar-refractivity contribution in [3.05, 3.63) is 22.9 Å². The number of carbonyl (C=O) groups excluding carboxylic acids is 3. The van der Waals surface area contributed by atoms with E-state index in [-0.39, 0.29) is 35.3 Å². The number of nitriles is 1. The van der Waals surface area contributed by atoms with E-state index in [4.69, 9.17) is 9.47 Å². The number of thioether (sulfide) groups is 1. The number of nitrogens with zero attached hydrogens (tertiary/aromatic N) is 2. The molecule has 152 valence electrons. The van der Waals surface area contributed by atoms with Gasteiger partial charge in [0.15, 0.2) is 0 Å². The second-order valence-electron chi connectivity index (χ2n) is 6.37. The standard InChI is InChI=1S/C19H25N3O5S/c1-6-27-18(24)14-8-13(9-20)17(21-12(14)4)28-10-16(23)22-15(7-11(2)3)19(25)26-5/h8,11,15H,6-7,10H2,1-5H3,(H,22,23)/t15-/m1/s1. The van der Waals surface area contributed by atoms with Gasteiger partial charge in [0.25, 0.3) is 0 Å². The lowest BCUT2D eigenvalue weighted by Gasteiger charge is -2.18. The Morgan fingerprint density at radius 3 is 2.57 bits per heavy atom. The number of nitrogens with one attached hydrogen (secondary N) is 1. The fraction of sp³-hybridized carbons (Fsp3) is 0.526.